The van der Waals surface area contributed by atoms with Gasteiger partial charge in [0.1, 0.15) is 5.78 Å². The van der Waals surface area contributed by atoms with Gasteiger partial charge in [-0.2, -0.15) is 0 Å². The van der Waals surface area contributed by atoms with Crippen LogP contribution in [0.2, 0.25) is 5.02 Å². The van der Waals surface area contributed by atoms with Crippen molar-refractivity contribution in [3.05, 3.63) is 29.0 Å². The Bertz CT molecular complexity index is 366. The predicted octanol–water partition coefficient (Wildman–Crippen LogP) is 1.05. The summed E-state index contributed by atoms with van der Waals surface area (Å²) in [6, 6.07) is 1.50. The highest BCUT2D eigenvalue weighted by Gasteiger charge is 2.09. The van der Waals surface area contributed by atoms with E-state index in [1.54, 1.807) is 0 Å². The minimum Gasteiger partial charge on any atom is -0.345 e. The van der Waals surface area contributed by atoms with E-state index in [0.717, 1.165) is 0 Å². The van der Waals surface area contributed by atoms with E-state index in [1.165, 1.54) is 25.4 Å². The molecule has 0 aromatic carbocycles. The minimum atomic E-state index is -0.368. The number of pyridine rings is 1. The molecule has 0 saturated carbocycles. The molecule has 4 nitrogen and oxygen atoms in total. The molecule has 0 atom stereocenters. The number of carbonyl (C=O) groups is 2. The van der Waals surface area contributed by atoms with Crippen LogP contribution in [0.15, 0.2) is 18.5 Å². The van der Waals surface area contributed by atoms with Crippen molar-refractivity contribution in [3.63, 3.8) is 0 Å². The molecule has 0 aliphatic heterocycles. The normalized spacial score (nSPS) is 9.57. The van der Waals surface area contributed by atoms with Crippen LogP contribution in [0.3, 0.4) is 0 Å². The van der Waals surface area contributed by atoms with Crippen LogP contribution in [-0.4, -0.2) is 23.2 Å². The zero-order valence-corrected chi connectivity index (χ0v) is 8.34. The SMILES string of the molecule is CC(=O)CNC(=O)c1ccncc1Cl. The van der Waals surface area contributed by atoms with Gasteiger partial charge in [0.25, 0.3) is 5.91 Å². The van der Waals surface area contributed by atoms with Crippen molar-refractivity contribution in [2.24, 2.45) is 0 Å². The fourth-order valence-corrected chi connectivity index (χ4v) is 1.06. The number of hydrogen-bond acceptors (Lipinski definition) is 3. The third-order valence-corrected chi connectivity index (χ3v) is 1.82. The molecular weight excluding hydrogens is 204 g/mol. The number of Topliss-reactive ketones (excluding diaryl/α,β-unsaturated/α-hetero) is 1. The van der Waals surface area contributed by atoms with Gasteiger partial charge in [0.2, 0.25) is 0 Å². The van der Waals surface area contributed by atoms with Crippen LogP contribution in [0.1, 0.15) is 17.3 Å². The summed E-state index contributed by atoms with van der Waals surface area (Å²) in [7, 11) is 0. The maximum atomic E-state index is 11.4. The van der Waals surface area contributed by atoms with E-state index in [9.17, 15) is 9.59 Å². The first-order valence-electron chi connectivity index (χ1n) is 3.98. The van der Waals surface area contributed by atoms with Crippen molar-refractivity contribution < 1.29 is 9.59 Å². The average molecular weight is 213 g/mol. The summed E-state index contributed by atoms with van der Waals surface area (Å²) in [5, 5.41) is 2.71. The molecule has 14 heavy (non-hydrogen) atoms. The van der Waals surface area contributed by atoms with E-state index in [4.69, 9.17) is 11.6 Å². The smallest absolute Gasteiger partial charge is 0.253 e. The number of hydrogen-bond donors (Lipinski definition) is 1. The maximum Gasteiger partial charge on any atom is 0.253 e. The van der Waals surface area contributed by atoms with Gasteiger partial charge in [0.05, 0.1) is 17.1 Å². The number of amides is 1. The van der Waals surface area contributed by atoms with Gasteiger partial charge < -0.3 is 5.32 Å². The van der Waals surface area contributed by atoms with E-state index in [1.807, 2.05) is 0 Å². The molecule has 0 bridgehead atoms. The van der Waals surface area contributed by atoms with Crippen molar-refractivity contribution >= 4 is 23.3 Å². The zero-order valence-electron chi connectivity index (χ0n) is 7.58. The number of ketones is 1. The lowest BCUT2D eigenvalue weighted by Crippen LogP contribution is -2.28. The summed E-state index contributed by atoms with van der Waals surface area (Å²) < 4.78 is 0. The first-order chi connectivity index (χ1) is 6.61. The molecule has 74 valence electrons. The molecule has 1 rings (SSSR count). The molecule has 0 saturated heterocycles. The fraction of sp³-hybridized carbons (Fsp3) is 0.222. The van der Waals surface area contributed by atoms with E-state index >= 15 is 0 Å². The van der Waals surface area contributed by atoms with Gasteiger partial charge in [0.15, 0.2) is 0 Å². The van der Waals surface area contributed by atoms with Crippen LogP contribution in [0, 0.1) is 0 Å². The first-order valence-corrected chi connectivity index (χ1v) is 4.36. The number of rotatable bonds is 3. The Morgan fingerprint density at radius 1 is 1.57 bits per heavy atom. The number of nitrogens with one attached hydrogen (secondary N) is 1. The predicted molar refractivity (Wildman–Crippen MR) is 52.3 cm³/mol. The molecule has 5 heteroatoms. The Morgan fingerprint density at radius 2 is 2.29 bits per heavy atom. The number of halogens is 1. The van der Waals surface area contributed by atoms with E-state index in [2.05, 4.69) is 10.3 Å². The van der Waals surface area contributed by atoms with Crippen LogP contribution in [0.4, 0.5) is 0 Å². The molecule has 1 aromatic heterocycles. The van der Waals surface area contributed by atoms with Crippen molar-refractivity contribution in [2.75, 3.05) is 6.54 Å². The van der Waals surface area contributed by atoms with Gasteiger partial charge in [0, 0.05) is 12.4 Å². The number of carbonyl (C=O) groups excluding carboxylic acids is 2. The quantitative estimate of drug-likeness (QED) is 0.815. The second-order valence-electron chi connectivity index (χ2n) is 2.74. The van der Waals surface area contributed by atoms with Gasteiger partial charge in [-0.05, 0) is 13.0 Å². The molecule has 1 N–H and O–H groups in total. The molecule has 1 amide bonds. The van der Waals surface area contributed by atoms with Crippen LogP contribution >= 0.6 is 11.6 Å². The van der Waals surface area contributed by atoms with Crippen LogP contribution < -0.4 is 5.32 Å². The monoisotopic (exact) mass is 212 g/mol. The van der Waals surface area contributed by atoms with Crippen molar-refractivity contribution in [1.29, 1.82) is 0 Å². The summed E-state index contributed by atoms with van der Waals surface area (Å²) >= 11 is 5.73. The standard InChI is InChI=1S/C9H9ClN2O2/c1-6(13)4-12-9(14)7-2-3-11-5-8(7)10/h2-3,5H,4H2,1H3,(H,12,14). The number of aromatic nitrogens is 1. The third kappa shape index (κ3) is 2.81. The van der Waals surface area contributed by atoms with Gasteiger partial charge in [-0.25, -0.2) is 0 Å². The lowest BCUT2D eigenvalue weighted by Gasteiger charge is -2.03. The average Bonchev–Trinajstić information content (AvgIpc) is 2.15. The van der Waals surface area contributed by atoms with Gasteiger partial charge in [-0.3, -0.25) is 14.6 Å². The fourth-order valence-electron chi connectivity index (χ4n) is 0.859. The van der Waals surface area contributed by atoms with Crippen LogP contribution in [-0.2, 0) is 4.79 Å². The molecule has 1 aromatic rings. The molecule has 1 heterocycles. The zero-order chi connectivity index (χ0) is 10.6. The highest BCUT2D eigenvalue weighted by atomic mass is 35.5. The van der Waals surface area contributed by atoms with Gasteiger partial charge in [-0.15, -0.1) is 0 Å². The van der Waals surface area contributed by atoms with E-state index in [-0.39, 0.29) is 23.3 Å². The summed E-state index contributed by atoms with van der Waals surface area (Å²) in [6.45, 7) is 1.41. The van der Waals surface area contributed by atoms with Crippen molar-refractivity contribution in [1.82, 2.24) is 10.3 Å². The van der Waals surface area contributed by atoms with E-state index < -0.39 is 0 Å². The topological polar surface area (TPSA) is 59.1 Å². The Morgan fingerprint density at radius 3 is 2.86 bits per heavy atom. The molecule has 0 unspecified atom stereocenters. The summed E-state index contributed by atoms with van der Waals surface area (Å²) in [6.07, 6.45) is 2.85. The third-order valence-electron chi connectivity index (χ3n) is 1.51. The Kier molecular flexibility index (Phi) is 3.59. The van der Waals surface area contributed by atoms with Crippen LogP contribution in [0.25, 0.3) is 0 Å². The second-order valence-corrected chi connectivity index (χ2v) is 3.15. The first kappa shape index (κ1) is 10.7. The molecule has 0 spiro atoms. The highest BCUT2D eigenvalue weighted by Crippen LogP contribution is 2.12. The van der Waals surface area contributed by atoms with Gasteiger partial charge in [-0.1, -0.05) is 11.6 Å². The summed E-state index contributed by atoms with van der Waals surface area (Å²) in [5.41, 5.74) is 0.322. The van der Waals surface area contributed by atoms with Crippen molar-refractivity contribution in [3.8, 4) is 0 Å². The molecule has 0 aliphatic carbocycles. The molecule has 0 aliphatic rings. The minimum absolute atomic E-state index is 0.0114. The lowest BCUT2D eigenvalue weighted by atomic mass is 10.2. The largest absolute Gasteiger partial charge is 0.345 e. The highest BCUT2D eigenvalue weighted by molar-refractivity contribution is 6.33. The van der Waals surface area contributed by atoms with E-state index in [0.29, 0.717) is 5.56 Å². The Balaban J connectivity index is 2.70. The second kappa shape index (κ2) is 4.72. The Labute approximate surface area is 86.3 Å². The number of nitrogens with zero attached hydrogens (tertiary/aromatic N) is 1. The molecule has 0 fully saturated rings. The van der Waals surface area contributed by atoms with Gasteiger partial charge >= 0.3 is 0 Å². The summed E-state index contributed by atoms with van der Waals surface area (Å²) in [5.74, 6) is -0.476. The lowest BCUT2D eigenvalue weighted by molar-refractivity contribution is -0.116. The summed E-state index contributed by atoms with van der Waals surface area (Å²) in [4.78, 5) is 25.7. The van der Waals surface area contributed by atoms with Crippen LogP contribution in [0.5, 0.6) is 0 Å². The molecular formula is C9H9ClN2O2. The Hall–Kier alpha value is -1.42. The maximum absolute atomic E-state index is 11.4. The molecule has 0 radical (unpaired) electrons. The van der Waals surface area contributed by atoms with Crippen molar-refractivity contribution in [2.45, 2.75) is 6.92 Å².